The van der Waals surface area contributed by atoms with Crippen molar-refractivity contribution in [3.63, 3.8) is 0 Å². The average Bonchev–Trinajstić information content (AvgIpc) is 2.90. The summed E-state index contributed by atoms with van der Waals surface area (Å²) in [6.07, 6.45) is -20.8. The van der Waals surface area contributed by atoms with Gasteiger partial charge in [-0.25, -0.2) is 0 Å². The van der Waals surface area contributed by atoms with Gasteiger partial charge in [0.1, 0.15) is 73.1 Å². The normalized spacial score (nSPS) is 46.0. The van der Waals surface area contributed by atoms with Gasteiger partial charge in [0.25, 0.3) is 0 Å². The Morgan fingerprint density at radius 2 is 1.20 bits per heavy atom. The highest BCUT2D eigenvalue weighted by atomic mass is 16.7. The Morgan fingerprint density at radius 1 is 0.650 bits per heavy atom. The van der Waals surface area contributed by atoms with Crippen LogP contribution in [-0.4, -0.2) is 170 Å². The predicted molar refractivity (Wildman–Crippen MR) is 124 cm³/mol. The van der Waals surface area contributed by atoms with Crippen LogP contribution >= 0.6 is 0 Å². The highest BCUT2D eigenvalue weighted by molar-refractivity contribution is 5.73. The second kappa shape index (κ2) is 14.0. The Bertz CT molecular complexity index is 852. The van der Waals surface area contributed by atoms with Crippen LogP contribution in [0.25, 0.3) is 0 Å². The number of amides is 2. The average molecular weight is 587 g/mol. The van der Waals surface area contributed by atoms with E-state index in [-0.39, 0.29) is 0 Å². The number of ether oxygens (including phenoxy) is 5. The molecule has 3 fully saturated rings. The molecule has 3 aliphatic heterocycles. The van der Waals surface area contributed by atoms with Crippen molar-refractivity contribution in [3.05, 3.63) is 0 Å². The molecule has 18 nitrogen and oxygen atoms in total. The summed E-state index contributed by atoms with van der Waals surface area (Å²) in [5, 5.41) is 96.3. The van der Waals surface area contributed by atoms with Gasteiger partial charge in [0, 0.05) is 13.8 Å². The largest absolute Gasteiger partial charge is 0.394 e. The molecule has 40 heavy (non-hydrogen) atoms. The van der Waals surface area contributed by atoms with E-state index in [0.717, 1.165) is 13.8 Å². The molecule has 3 heterocycles. The first kappa shape index (κ1) is 32.9. The smallest absolute Gasteiger partial charge is 0.217 e. The van der Waals surface area contributed by atoms with E-state index >= 15 is 0 Å². The van der Waals surface area contributed by atoms with Gasteiger partial charge < -0.3 is 80.3 Å². The minimum atomic E-state index is -1.83. The SMILES string of the molecule is CC(=O)NC1[C@H](OCC2O[C@@H](O)C(NC(C)=O)[C@@H](O)C2O)OC(CO)C(O[C@@H]2OC(CO)C(O)C(O)C2O)[C@@H]1O. The molecule has 11 N–H and O–H groups in total. The number of aliphatic hydroxyl groups excluding tert-OH is 9. The van der Waals surface area contributed by atoms with Crippen molar-refractivity contribution in [1.82, 2.24) is 10.6 Å². The van der Waals surface area contributed by atoms with Crippen LogP contribution in [0.3, 0.4) is 0 Å². The second-order valence-electron chi connectivity index (χ2n) is 9.85. The molecule has 3 saturated heterocycles. The number of rotatable bonds is 9. The molecule has 15 atom stereocenters. The lowest BCUT2D eigenvalue weighted by Gasteiger charge is -2.47. The second-order valence-corrected chi connectivity index (χ2v) is 9.85. The molecule has 0 bridgehead atoms. The fourth-order valence-electron chi connectivity index (χ4n) is 4.76. The van der Waals surface area contributed by atoms with Crippen molar-refractivity contribution < 1.29 is 79.2 Å². The Balaban J connectivity index is 1.73. The van der Waals surface area contributed by atoms with Crippen molar-refractivity contribution in [2.75, 3.05) is 19.8 Å². The lowest BCUT2D eigenvalue weighted by Crippen LogP contribution is -2.68. The van der Waals surface area contributed by atoms with E-state index in [1.54, 1.807) is 0 Å². The van der Waals surface area contributed by atoms with E-state index in [1.807, 2.05) is 0 Å². The molecular formula is C22H38N2O16. The summed E-state index contributed by atoms with van der Waals surface area (Å²) in [4.78, 5) is 23.2. The summed E-state index contributed by atoms with van der Waals surface area (Å²) in [5.74, 6) is -1.24. The molecule has 0 aliphatic carbocycles. The molecule has 3 rings (SSSR count). The van der Waals surface area contributed by atoms with Crippen LogP contribution in [-0.2, 0) is 33.3 Å². The van der Waals surface area contributed by atoms with Crippen LogP contribution in [0.5, 0.6) is 0 Å². The van der Waals surface area contributed by atoms with Crippen molar-refractivity contribution in [1.29, 1.82) is 0 Å². The number of hydrogen-bond donors (Lipinski definition) is 11. The fourth-order valence-corrected chi connectivity index (χ4v) is 4.76. The summed E-state index contributed by atoms with van der Waals surface area (Å²) in [7, 11) is 0. The predicted octanol–water partition coefficient (Wildman–Crippen LogP) is -7.29. The number of hydrogen-bond acceptors (Lipinski definition) is 16. The van der Waals surface area contributed by atoms with Crippen LogP contribution in [0, 0.1) is 0 Å². The molecule has 18 heteroatoms. The van der Waals surface area contributed by atoms with Crippen LogP contribution in [0.15, 0.2) is 0 Å². The fraction of sp³-hybridized carbons (Fsp3) is 0.909. The molecule has 0 saturated carbocycles. The lowest BCUT2D eigenvalue weighted by atomic mass is 9.95. The maximum atomic E-state index is 11.9. The van der Waals surface area contributed by atoms with Crippen LogP contribution in [0.1, 0.15) is 13.8 Å². The minimum Gasteiger partial charge on any atom is -0.394 e. The zero-order valence-electron chi connectivity index (χ0n) is 21.7. The zero-order chi connectivity index (χ0) is 29.9. The van der Waals surface area contributed by atoms with Gasteiger partial charge in [-0.15, -0.1) is 0 Å². The Labute approximate surface area is 228 Å². The molecule has 3 aliphatic rings. The van der Waals surface area contributed by atoms with E-state index in [4.69, 9.17) is 23.7 Å². The van der Waals surface area contributed by atoms with Gasteiger partial charge in [-0.1, -0.05) is 0 Å². The van der Waals surface area contributed by atoms with Crippen LogP contribution in [0.4, 0.5) is 0 Å². The topological polar surface area (TPSA) is 286 Å². The molecule has 0 aromatic rings. The Morgan fingerprint density at radius 3 is 1.77 bits per heavy atom. The van der Waals surface area contributed by atoms with Crippen molar-refractivity contribution in [2.45, 2.75) is 106 Å². The molecule has 2 amide bonds. The van der Waals surface area contributed by atoms with Crippen molar-refractivity contribution >= 4 is 11.8 Å². The maximum absolute atomic E-state index is 11.9. The van der Waals surface area contributed by atoms with E-state index < -0.39 is 124 Å². The minimum absolute atomic E-state index is 0.564. The quantitative estimate of drug-likeness (QED) is 0.120. The first-order valence-electron chi connectivity index (χ1n) is 12.6. The highest BCUT2D eigenvalue weighted by Gasteiger charge is 2.52. The van der Waals surface area contributed by atoms with Crippen molar-refractivity contribution in [3.8, 4) is 0 Å². The highest BCUT2D eigenvalue weighted by Crippen LogP contribution is 2.30. The molecule has 10 unspecified atom stereocenters. The van der Waals surface area contributed by atoms with Crippen molar-refractivity contribution in [2.24, 2.45) is 0 Å². The third-order valence-corrected chi connectivity index (χ3v) is 6.88. The molecule has 232 valence electrons. The summed E-state index contributed by atoms with van der Waals surface area (Å²) >= 11 is 0. The standard InChI is InChI=1S/C22H38N2O16/c1-6(27)23-11-15(31)14(30)10(37-20(11)35)5-36-21-12(24-7(2)28)16(32)19(9(4-26)39-21)40-22-18(34)17(33)13(29)8(3-25)38-22/h8-22,25-26,29-35H,3-5H2,1-2H3,(H,23,27)(H,24,28)/t8?,9?,10?,11?,12?,13?,14?,15-,16-,17?,18?,19?,20-,21-,22+/m1/s1. The number of carbonyl (C=O) groups excluding carboxylic acids is 2. The maximum Gasteiger partial charge on any atom is 0.217 e. The Kier molecular flexibility index (Phi) is 11.5. The van der Waals surface area contributed by atoms with Gasteiger partial charge in [0.15, 0.2) is 18.9 Å². The van der Waals surface area contributed by atoms with Gasteiger partial charge in [-0.3, -0.25) is 9.59 Å². The van der Waals surface area contributed by atoms with E-state index in [1.165, 1.54) is 0 Å². The Hall–Kier alpha value is -1.62. The monoisotopic (exact) mass is 586 g/mol. The summed E-state index contributed by atoms with van der Waals surface area (Å²) in [6, 6.07) is -2.72. The molecule has 0 spiro atoms. The summed E-state index contributed by atoms with van der Waals surface area (Å²) in [5.41, 5.74) is 0. The van der Waals surface area contributed by atoms with E-state index in [0.29, 0.717) is 0 Å². The summed E-state index contributed by atoms with van der Waals surface area (Å²) < 4.78 is 27.4. The van der Waals surface area contributed by atoms with Gasteiger partial charge in [-0.2, -0.15) is 0 Å². The van der Waals surface area contributed by atoms with Crippen LogP contribution < -0.4 is 10.6 Å². The molecule has 0 aromatic heterocycles. The third kappa shape index (κ3) is 7.23. The number of aliphatic hydroxyl groups is 9. The van der Waals surface area contributed by atoms with E-state index in [2.05, 4.69) is 10.6 Å². The summed E-state index contributed by atoms with van der Waals surface area (Å²) in [6.45, 7) is 0.168. The van der Waals surface area contributed by atoms with E-state index in [9.17, 15) is 55.5 Å². The van der Waals surface area contributed by atoms with Gasteiger partial charge >= 0.3 is 0 Å². The number of nitrogens with one attached hydrogen (secondary N) is 2. The first-order valence-corrected chi connectivity index (χ1v) is 12.6. The molecule has 0 radical (unpaired) electrons. The zero-order valence-corrected chi connectivity index (χ0v) is 21.7. The first-order chi connectivity index (χ1) is 18.8. The van der Waals surface area contributed by atoms with Gasteiger partial charge in [0.05, 0.1) is 19.8 Å². The molecule has 0 aromatic carbocycles. The van der Waals surface area contributed by atoms with Gasteiger partial charge in [-0.05, 0) is 0 Å². The van der Waals surface area contributed by atoms with Crippen LogP contribution in [0.2, 0.25) is 0 Å². The number of carbonyl (C=O) groups is 2. The van der Waals surface area contributed by atoms with Gasteiger partial charge in [0.2, 0.25) is 11.8 Å². The molecular weight excluding hydrogens is 548 g/mol. The third-order valence-electron chi connectivity index (χ3n) is 6.88. The lowest BCUT2D eigenvalue weighted by molar-refractivity contribution is -0.351.